The molecule has 1 N–H and O–H groups in total. The SMILES string of the molecule is c1ccc(-c2ccc(-c3ccnc(NCCN4CCCCC4)n3)cc2)cc1. The first kappa shape index (κ1) is 17.7. The zero-order valence-electron chi connectivity index (χ0n) is 15.6. The van der Waals surface area contributed by atoms with E-state index in [2.05, 4.69) is 68.7 Å². The number of aromatic nitrogens is 2. The number of hydrogen-bond donors (Lipinski definition) is 1. The van der Waals surface area contributed by atoms with E-state index in [1.165, 1.54) is 43.5 Å². The molecule has 0 spiro atoms. The summed E-state index contributed by atoms with van der Waals surface area (Å²) in [5, 5.41) is 3.38. The molecular weight excluding hydrogens is 332 g/mol. The maximum atomic E-state index is 4.69. The fraction of sp³-hybridized carbons (Fsp3) is 0.304. The van der Waals surface area contributed by atoms with E-state index < -0.39 is 0 Å². The summed E-state index contributed by atoms with van der Waals surface area (Å²) in [4.78, 5) is 11.6. The van der Waals surface area contributed by atoms with E-state index in [-0.39, 0.29) is 0 Å². The minimum atomic E-state index is 0.705. The van der Waals surface area contributed by atoms with Crippen LogP contribution in [0.5, 0.6) is 0 Å². The van der Waals surface area contributed by atoms with E-state index in [4.69, 9.17) is 0 Å². The first-order chi connectivity index (χ1) is 13.4. The predicted molar refractivity (Wildman–Crippen MR) is 112 cm³/mol. The van der Waals surface area contributed by atoms with E-state index in [9.17, 15) is 0 Å². The molecule has 0 saturated carbocycles. The molecule has 3 aromatic rings. The van der Waals surface area contributed by atoms with Gasteiger partial charge in [-0.05, 0) is 43.1 Å². The summed E-state index contributed by atoms with van der Waals surface area (Å²) in [6.45, 7) is 4.38. The van der Waals surface area contributed by atoms with Gasteiger partial charge in [0.2, 0.25) is 5.95 Å². The Morgan fingerprint density at radius 2 is 1.48 bits per heavy atom. The topological polar surface area (TPSA) is 41.1 Å². The Labute approximate surface area is 161 Å². The molecule has 0 atom stereocenters. The zero-order chi connectivity index (χ0) is 18.3. The third kappa shape index (κ3) is 4.72. The van der Waals surface area contributed by atoms with E-state index in [1.54, 1.807) is 0 Å². The standard InChI is InChI=1S/C23H26N4/c1-3-7-19(8-4-1)20-9-11-21(12-10-20)22-13-14-24-23(26-22)25-15-18-27-16-5-2-6-17-27/h1,3-4,7-14H,2,5-6,15-18H2,(H,24,25,26). The van der Waals surface area contributed by atoms with Gasteiger partial charge in [-0.25, -0.2) is 9.97 Å². The monoisotopic (exact) mass is 358 g/mol. The lowest BCUT2D eigenvalue weighted by Crippen LogP contribution is -2.33. The Balaban J connectivity index is 1.39. The van der Waals surface area contributed by atoms with Crippen LogP contribution in [0.4, 0.5) is 5.95 Å². The number of rotatable bonds is 6. The Hall–Kier alpha value is -2.72. The van der Waals surface area contributed by atoms with E-state index >= 15 is 0 Å². The molecular formula is C23H26N4. The molecule has 1 aliphatic heterocycles. The highest BCUT2D eigenvalue weighted by molar-refractivity contribution is 5.68. The lowest BCUT2D eigenvalue weighted by molar-refractivity contribution is 0.237. The summed E-state index contributed by atoms with van der Waals surface area (Å²) < 4.78 is 0. The quantitative estimate of drug-likeness (QED) is 0.693. The van der Waals surface area contributed by atoms with Crippen LogP contribution in [0, 0.1) is 0 Å². The molecule has 0 unspecified atom stereocenters. The number of hydrogen-bond acceptors (Lipinski definition) is 4. The molecule has 138 valence electrons. The molecule has 1 fully saturated rings. The molecule has 1 aromatic heterocycles. The van der Waals surface area contributed by atoms with Crippen LogP contribution in [-0.4, -0.2) is 41.0 Å². The maximum Gasteiger partial charge on any atom is 0.223 e. The smallest absolute Gasteiger partial charge is 0.223 e. The molecule has 0 radical (unpaired) electrons. The van der Waals surface area contributed by atoms with Crippen molar-refractivity contribution in [2.45, 2.75) is 19.3 Å². The summed E-state index contributed by atoms with van der Waals surface area (Å²) >= 11 is 0. The molecule has 27 heavy (non-hydrogen) atoms. The van der Waals surface area contributed by atoms with Crippen LogP contribution in [0.3, 0.4) is 0 Å². The Morgan fingerprint density at radius 3 is 2.26 bits per heavy atom. The van der Waals surface area contributed by atoms with Crippen LogP contribution in [0.25, 0.3) is 22.4 Å². The molecule has 4 nitrogen and oxygen atoms in total. The van der Waals surface area contributed by atoms with Crippen LogP contribution in [-0.2, 0) is 0 Å². The zero-order valence-corrected chi connectivity index (χ0v) is 15.6. The van der Waals surface area contributed by atoms with Crippen molar-refractivity contribution in [1.29, 1.82) is 0 Å². The van der Waals surface area contributed by atoms with Gasteiger partial charge in [0.25, 0.3) is 0 Å². The van der Waals surface area contributed by atoms with Gasteiger partial charge in [-0.2, -0.15) is 0 Å². The fourth-order valence-electron chi connectivity index (χ4n) is 3.58. The van der Waals surface area contributed by atoms with Gasteiger partial charge >= 0.3 is 0 Å². The Kier molecular flexibility index (Phi) is 5.75. The largest absolute Gasteiger partial charge is 0.353 e. The highest BCUT2D eigenvalue weighted by atomic mass is 15.2. The average Bonchev–Trinajstić information content (AvgIpc) is 2.76. The van der Waals surface area contributed by atoms with Crippen LogP contribution in [0.15, 0.2) is 66.9 Å². The van der Waals surface area contributed by atoms with E-state index in [1.807, 2.05) is 18.3 Å². The van der Waals surface area contributed by atoms with Crippen molar-refractivity contribution in [1.82, 2.24) is 14.9 Å². The lowest BCUT2D eigenvalue weighted by Gasteiger charge is -2.26. The van der Waals surface area contributed by atoms with E-state index in [0.717, 1.165) is 24.3 Å². The van der Waals surface area contributed by atoms with Gasteiger partial charge in [0.1, 0.15) is 0 Å². The number of benzene rings is 2. The molecule has 4 heteroatoms. The normalized spacial score (nSPS) is 14.8. The number of likely N-dealkylation sites (tertiary alicyclic amines) is 1. The Bertz CT molecular complexity index is 840. The van der Waals surface area contributed by atoms with Gasteiger partial charge < -0.3 is 10.2 Å². The average molecular weight is 358 g/mol. The minimum absolute atomic E-state index is 0.705. The fourth-order valence-corrected chi connectivity index (χ4v) is 3.58. The second-order valence-electron chi connectivity index (χ2n) is 7.04. The third-order valence-corrected chi connectivity index (χ3v) is 5.10. The highest BCUT2D eigenvalue weighted by Gasteiger charge is 2.09. The molecule has 0 aliphatic carbocycles. The molecule has 1 saturated heterocycles. The van der Waals surface area contributed by atoms with Crippen molar-refractivity contribution in [2.24, 2.45) is 0 Å². The number of nitrogens with zero attached hydrogens (tertiary/aromatic N) is 3. The summed E-state index contributed by atoms with van der Waals surface area (Å²) in [5.41, 5.74) is 4.50. The van der Waals surface area contributed by atoms with Crippen molar-refractivity contribution < 1.29 is 0 Å². The van der Waals surface area contributed by atoms with Crippen LogP contribution in [0.2, 0.25) is 0 Å². The van der Waals surface area contributed by atoms with Gasteiger partial charge in [-0.3, -0.25) is 0 Å². The lowest BCUT2D eigenvalue weighted by atomic mass is 10.0. The summed E-state index contributed by atoms with van der Waals surface area (Å²) in [5.74, 6) is 0.705. The van der Waals surface area contributed by atoms with Gasteiger partial charge in [0.15, 0.2) is 0 Å². The first-order valence-corrected chi connectivity index (χ1v) is 9.84. The minimum Gasteiger partial charge on any atom is -0.353 e. The highest BCUT2D eigenvalue weighted by Crippen LogP contribution is 2.24. The molecule has 4 rings (SSSR count). The molecule has 0 amide bonds. The Morgan fingerprint density at radius 1 is 0.778 bits per heavy atom. The number of anilines is 1. The van der Waals surface area contributed by atoms with Crippen molar-refractivity contribution in [3.05, 3.63) is 66.9 Å². The molecule has 1 aliphatic rings. The third-order valence-electron chi connectivity index (χ3n) is 5.10. The van der Waals surface area contributed by atoms with Crippen LogP contribution >= 0.6 is 0 Å². The number of nitrogens with one attached hydrogen (secondary N) is 1. The molecule has 2 heterocycles. The van der Waals surface area contributed by atoms with E-state index in [0.29, 0.717) is 5.95 Å². The van der Waals surface area contributed by atoms with Crippen LogP contribution in [0.1, 0.15) is 19.3 Å². The summed E-state index contributed by atoms with van der Waals surface area (Å²) in [6, 6.07) is 20.9. The number of piperidine rings is 1. The second kappa shape index (κ2) is 8.78. The van der Waals surface area contributed by atoms with Crippen molar-refractivity contribution in [3.63, 3.8) is 0 Å². The van der Waals surface area contributed by atoms with Crippen molar-refractivity contribution in [3.8, 4) is 22.4 Å². The molecule has 0 bridgehead atoms. The summed E-state index contributed by atoms with van der Waals surface area (Å²) in [6.07, 6.45) is 5.85. The van der Waals surface area contributed by atoms with Crippen LogP contribution < -0.4 is 5.32 Å². The van der Waals surface area contributed by atoms with Gasteiger partial charge in [0.05, 0.1) is 5.69 Å². The second-order valence-corrected chi connectivity index (χ2v) is 7.04. The first-order valence-electron chi connectivity index (χ1n) is 9.84. The maximum absolute atomic E-state index is 4.69. The van der Waals surface area contributed by atoms with Crippen molar-refractivity contribution in [2.75, 3.05) is 31.5 Å². The van der Waals surface area contributed by atoms with Gasteiger partial charge in [-0.1, -0.05) is 61.0 Å². The predicted octanol–water partition coefficient (Wildman–Crippen LogP) is 4.71. The van der Waals surface area contributed by atoms with Gasteiger partial charge in [0, 0.05) is 24.8 Å². The summed E-state index contributed by atoms with van der Waals surface area (Å²) in [7, 11) is 0. The van der Waals surface area contributed by atoms with Gasteiger partial charge in [-0.15, -0.1) is 0 Å². The molecule has 2 aromatic carbocycles. The van der Waals surface area contributed by atoms with Crippen molar-refractivity contribution >= 4 is 5.95 Å².